The number of hydrogen-bond donors (Lipinski definition) is 3. The van der Waals surface area contributed by atoms with Gasteiger partial charge in [-0.15, -0.1) is 0 Å². The summed E-state index contributed by atoms with van der Waals surface area (Å²) in [5.74, 6) is 2.01. The summed E-state index contributed by atoms with van der Waals surface area (Å²) in [4.78, 5) is 24.6. The van der Waals surface area contributed by atoms with E-state index in [1.807, 2.05) is 74.5 Å². The second-order valence-electron chi connectivity index (χ2n) is 7.98. The van der Waals surface area contributed by atoms with Crippen molar-refractivity contribution in [3.05, 3.63) is 84.0 Å². The molecule has 0 unspecified atom stereocenters. The van der Waals surface area contributed by atoms with E-state index in [2.05, 4.69) is 25.6 Å². The first-order chi connectivity index (χ1) is 18.0. The molecule has 0 spiro atoms. The number of aliphatic hydroxyl groups excluding tert-OH is 1. The molecule has 9 heteroatoms. The smallest absolute Gasteiger partial charge is 0.246 e. The van der Waals surface area contributed by atoms with Crippen molar-refractivity contribution in [1.82, 2.24) is 20.3 Å². The molecule has 192 valence electrons. The molecule has 0 aliphatic carbocycles. The van der Waals surface area contributed by atoms with E-state index in [1.54, 1.807) is 12.5 Å². The number of nitrogens with zero attached hydrogens (tertiary/aromatic N) is 3. The first-order valence-corrected chi connectivity index (χ1v) is 11.6. The third-order valence-electron chi connectivity index (χ3n) is 5.21. The van der Waals surface area contributed by atoms with E-state index in [1.165, 1.54) is 7.11 Å². The third-order valence-corrected chi connectivity index (χ3v) is 5.21. The maximum Gasteiger partial charge on any atom is 0.246 e. The molecular formula is C28H31N5O4. The number of amides is 1. The molecule has 0 aliphatic heterocycles. The highest BCUT2D eigenvalue weighted by Crippen LogP contribution is 2.30. The predicted molar refractivity (Wildman–Crippen MR) is 145 cm³/mol. The zero-order chi connectivity index (χ0) is 26.6. The highest BCUT2D eigenvalue weighted by molar-refractivity contribution is 5.92. The molecule has 2 aromatic heterocycles. The largest absolute Gasteiger partial charge is 0.455 e. The van der Waals surface area contributed by atoms with Gasteiger partial charge in [-0.25, -0.2) is 9.97 Å². The molecule has 9 nitrogen and oxygen atoms in total. The van der Waals surface area contributed by atoms with Crippen molar-refractivity contribution >= 4 is 34.4 Å². The normalized spacial score (nSPS) is 10.6. The van der Waals surface area contributed by atoms with Gasteiger partial charge in [-0.05, 0) is 67.4 Å². The summed E-state index contributed by atoms with van der Waals surface area (Å²) < 4.78 is 10.8. The summed E-state index contributed by atoms with van der Waals surface area (Å²) in [5, 5.41) is 14.0. The van der Waals surface area contributed by atoms with Gasteiger partial charge in [-0.2, -0.15) is 0 Å². The van der Waals surface area contributed by atoms with Crippen molar-refractivity contribution in [1.29, 1.82) is 0 Å². The molecule has 2 aromatic carbocycles. The van der Waals surface area contributed by atoms with Gasteiger partial charge in [0.05, 0.1) is 11.7 Å². The zero-order valence-electron chi connectivity index (χ0n) is 21.4. The number of carbonyl (C=O) groups is 1. The molecule has 0 bridgehead atoms. The number of nitrogens with one attached hydrogen (secondary N) is 2. The van der Waals surface area contributed by atoms with Crippen LogP contribution in [0.3, 0.4) is 0 Å². The predicted octanol–water partition coefficient (Wildman–Crippen LogP) is 4.56. The van der Waals surface area contributed by atoms with Crippen molar-refractivity contribution < 1.29 is 19.4 Å². The van der Waals surface area contributed by atoms with Crippen LogP contribution in [0.15, 0.2) is 67.1 Å². The van der Waals surface area contributed by atoms with Gasteiger partial charge < -0.3 is 25.2 Å². The summed E-state index contributed by atoms with van der Waals surface area (Å²) >= 11 is 0. The fourth-order valence-electron chi connectivity index (χ4n) is 3.45. The van der Waals surface area contributed by atoms with Gasteiger partial charge in [0.15, 0.2) is 0 Å². The monoisotopic (exact) mass is 501 g/mol. The molecule has 0 aliphatic rings. The summed E-state index contributed by atoms with van der Waals surface area (Å²) in [7, 11) is 2.49. The number of rotatable bonds is 9. The lowest BCUT2D eigenvalue weighted by Crippen LogP contribution is -2.26. The average molecular weight is 502 g/mol. The minimum Gasteiger partial charge on any atom is -0.455 e. The van der Waals surface area contributed by atoms with E-state index in [0.29, 0.717) is 18.1 Å². The fraction of sp³-hybridized carbons (Fsp3) is 0.214. The number of pyridine rings is 1. The van der Waals surface area contributed by atoms with Gasteiger partial charge in [-0.3, -0.25) is 9.78 Å². The van der Waals surface area contributed by atoms with Crippen LogP contribution in [0.2, 0.25) is 0 Å². The van der Waals surface area contributed by atoms with Crippen molar-refractivity contribution in [2.45, 2.75) is 13.8 Å². The standard InChI is InChI=1S/C27H27N5O3.CH4O/c1-18-13-21(8-11-25(18)35-22-9-6-19(2)29-15-22)32-27-23-14-20(7-10-24(23)30-17-31-27)5-4-12-28-26(33)16-34-3;1-2/h4-11,13-15,17H,12,16H2,1-3H3,(H,28,33)(H,30,31,32);2H,1H3/b5-4+;. The number of fused-ring (bicyclic) bond motifs is 1. The minimum atomic E-state index is -0.155. The van der Waals surface area contributed by atoms with Crippen LogP contribution in [-0.4, -0.2) is 53.3 Å². The van der Waals surface area contributed by atoms with Gasteiger partial charge in [0.2, 0.25) is 5.91 Å². The fourth-order valence-corrected chi connectivity index (χ4v) is 3.45. The van der Waals surface area contributed by atoms with Crippen molar-refractivity contribution in [3.63, 3.8) is 0 Å². The molecule has 1 amide bonds. The van der Waals surface area contributed by atoms with E-state index < -0.39 is 0 Å². The number of methoxy groups -OCH3 is 1. The molecule has 4 aromatic rings. The molecule has 37 heavy (non-hydrogen) atoms. The summed E-state index contributed by atoms with van der Waals surface area (Å²) in [5.41, 5.74) is 4.62. The van der Waals surface area contributed by atoms with E-state index in [0.717, 1.165) is 46.3 Å². The van der Waals surface area contributed by atoms with Gasteiger partial charge in [0.1, 0.15) is 30.3 Å². The maximum absolute atomic E-state index is 11.5. The van der Waals surface area contributed by atoms with E-state index >= 15 is 0 Å². The Hall–Kier alpha value is -4.34. The molecular weight excluding hydrogens is 470 g/mol. The van der Waals surface area contributed by atoms with Crippen LogP contribution in [-0.2, 0) is 9.53 Å². The number of aromatic nitrogens is 3. The van der Waals surface area contributed by atoms with Gasteiger partial charge in [0.25, 0.3) is 0 Å². The maximum atomic E-state index is 11.5. The molecule has 0 fully saturated rings. The highest BCUT2D eigenvalue weighted by atomic mass is 16.5. The van der Waals surface area contributed by atoms with Crippen LogP contribution in [0.25, 0.3) is 17.0 Å². The quantitative estimate of drug-likeness (QED) is 0.305. The number of aliphatic hydroxyl groups is 1. The van der Waals surface area contributed by atoms with Crippen LogP contribution in [0.5, 0.6) is 11.5 Å². The summed E-state index contributed by atoms with van der Waals surface area (Å²) in [6.45, 7) is 4.40. The second-order valence-corrected chi connectivity index (χ2v) is 7.98. The van der Waals surface area contributed by atoms with Crippen LogP contribution in [0, 0.1) is 13.8 Å². The molecule has 0 saturated heterocycles. The van der Waals surface area contributed by atoms with E-state index in [4.69, 9.17) is 14.6 Å². The van der Waals surface area contributed by atoms with Gasteiger partial charge in [-0.1, -0.05) is 18.2 Å². The van der Waals surface area contributed by atoms with E-state index in [-0.39, 0.29) is 12.5 Å². The number of carbonyl (C=O) groups excluding carboxylic acids is 1. The topological polar surface area (TPSA) is 118 Å². The molecule has 0 saturated carbocycles. The summed E-state index contributed by atoms with van der Waals surface area (Å²) in [6.07, 6.45) is 7.09. The second kappa shape index (κ2) is 13.7. The van der Waals surface area contributed by atoms with Crippen LogP contribution in [0.4, 0.5) is 11.5 Å². The molecule has 0 radical (unpaired) electrons. The first-order valence-electron chi connectivity index (χ1n) is 11.6. The minimum absolute atomic E-state index is 0.0475. The Balaban J connectivity index is 0.00000186. The number of anilines is 2. The summed E-state index contributed by atoms with van der Waals surface area (Å²) in [6, 6.07) is 15.6. The lowest BCUT2D eigenvalue weighted by Gasteiger charge is -2.12. The highest BCUT2D eigenvalue weighted by Gasteiger charge is 2.08. The lowest BCUT2D eigenvalue weighted by molar-refractivity contribution is -0.124. The van der Waals surface area contributed by atoms with Crippen molar-refractivity contribution in [3.8, 4) is 11.5 Å². The van der Waals surface area contributed by atoms with Crippen molar-refractivity contribution in [2.24, 2.45) is 0 Å². The SMILES string of the molecule is CO.COCC(=O)NC/C=C/c1ccc2ncnc(Nc3ccc(Oc4ccc(C)nc4)c(C)c3)c2c1. The van der Waals surface area contributed by atoms with Crippen LogP contribution in [0.1, 0.15) is 16.8 Å². The Morgan fingerprint density at radius 1 is 1.03 bits per heavy atom. The Kier molecular flexibility index (Phi) is 10.1. The van der Waals surface area contributed by atoms with Crippen LogP contribution < -0.4 is 15.4 Å². The molecule has 2 heterocycles. The van der Waals surface area contributed by atoms with Crippen LogP contribution >= 0.6 is 0 Å². The molecule has 3 N–H and O–H groups in total. The molecule has 4 rings (SSSR count). The number of hydrogen-bond acceptors (Lipinski definition) is 8. The van der Waals surface area contributed by atoms with E-state index in [9.17, 15) is 4.79 Å². The molecule has 0 atom stereocenters. The van der Waals surface area contributed by atoms with Gasteiger partial charge >= 0.3 is 0 Å². The van der Waals surface area contributed by atoms with Crippen molar-refractivity contribution in [2.75, 3.05) is 32.7 Å². The number of ether oxygens (including phenoxy) is 2. The Morgan fingerprint density at radius 2 is 1.86 bits per heavy atom. The number of benzene rings is 2. The zero-order valence-corrected chi connectivity index (χ0v) is 21.4. The first kappa shape index (κ1) is 27.3. The third kappa shape index (κ3) is 7.83. The Bertz CT molecular complexity index is 1360. The Labute approximate surface area is 216 Å². The van der Waals surface area contributed by atoms with Gasteiger partial charge in [0, 0.05) is 37.5 Å². The number of aryl methyl sites for hydroxylation is 2. The Morgan fingerprint density at radius 3 is 2.59 bits per heavy atom. The lowest BCUT2D eigenvalue weighted by atomic mass is 10.1. The average Bonchev–Trinajstić information content (AvgIpc) is 2.91.